The molecule has 3 atom stereocenters. The lowest BCUT2D eigenvalue weighted by Gasteiger charge is -2.44. The average Bonchev–Trinajstić information content (AvgIpc) is 2.96. The number of carboxylic acids is 1. The molecule has 0 bridgehead atoms. The van der Waals surface area contributed by atoms with Crippen molar-refractivity contribution in [2.24, 2.45) is 5.92 Å². The summed E-state index contributed by atoms with van der Waals surface area (Å²) in [5.41, 5.74) is 1.01. The van der Waals surface area contributed by atoms with Crippen molar-refractivity contribution in [2.75, 3.05) is 17.5 Å². The molecule has 0 spiro atoms. The lowest BCUT2D eigenvalue weighted by atomic mass is 9.91. The van der Waals surface area contributed by atoms with Crippen LogP contribution >= 0.6 is 23.2 Å². The van der Waals surface area contributed by atoms with Crippen molar-refractivity contribution < 1.29 is 32.2 Å². The highest BCUT2D eigenvalue weighted by Gasteiger charge is 2.42. The lowest BCUT2D eigenvalue weighted by Crippen LogP contribution is -2.53. The van der Waals surface area contributed by atoms with Gasteiger partial charge in [-0.25, -0.2) is 12.8 Å². The first-order valence-corrected chi connectivity index (χ1v) is 16.6. The molecular formula is C33H39Cl2FN2O6S. The zero-order chi connectivity index (χ0) is 33.5. The molecule has 0 saturated carbocycles. The minimum atomic E-state index is -4.16. The van der Waals surface area contributed by atoms with Crippen molar-refractivity contribution in [2.45, 2.75) is 64.0 Å². The molecule has 0 aromatic heterocycles. The van der Waals surface area contributed by atoms with Gasteiger partial charge in [-0.2, -0.15) is 0 Å². The average molecular weight is 682 g/mol. The van der Waals surface area contributed by atoms with E-state index in [0.29, 0.717) is 27.6 Å². The highest BCUT2D eigenvalue weighted by atomic mass is 35.5. The fraction of sp³-hybridized carbons (Fsp3) is 0.394. The molecule has 0 aliphatic heterocycles. The highest BCUT2D eigenvalue weighted by Crippen LogP contribution is 2.41. The number of carbonyl (C=O) groups is 2. The number of rotatable bonds is 15. The molecule has 0 aliphatic carbocycles. The van der Waals surface area contributed by atoms with E-state index in [2.05, 4.69) is 0 Å². The third kappa shape index (κ3) is 8.97. The molecule has 0 fully saturated rings. The second-order valence-electron chi connectivity index (χ2n) is 12.0. The number of anilines is 1. The van der Waals surface area contributed by atoms with Gasteiger partial charge in [0.2, 0.25) is 16.4 Å². The Morgan fingerprint density at radius 1 is 0.978 bits per heavy atom. The molecule has 45 heavy (non-hydrogen) atoms. The zero-order valence-corrected chi connectivity index (χ0v) is 28.2. The summed E-state index contributed by atoms with van der Waals surface area (Å²) in [5.74, 6) is -2.13. The summed E-state index contributed by atoms with van der Waals surface area (Å²) < 4.78 is 49.2. The number of carbonyl (C=O) groups excluding carboxylic acids is 1. The Balaban J connectivity index is 2.26. The number of para-hydroxylation sites is 1. The van der Waals surface area contributed by atoms with Crippen molar-refractivity contribution in [3.63, 3.8) is 0 Å². The maximum Gasteiger partial charge on any atom is 0.305 e. The summed E-state index contributed by atoms with van der Waals surface area (Å²) in [6, 6.07) is 17.4. The Bertz CT molecular complexity index is 1560. The van der Waals surface area contributed by atoms with E-state index in [0.717, 1.165) is 4.31 Å². The van der Waals surface area contributed by atoms with E-state index >= 15 is 4.39 Å². The quantitative estimate of drug-likeness (QED) is 0.167. The summed E-state index contributed by atoms with van der Waals surface area (Å²) >= 11 is 12.6. The number of nitrogens with zero attached hydrogens (tertiary/aromatic N) is 2. The third-order valence-electron chi connectivity index (χ3n) is 7.42. The summed E-state index contributed by atoms with van der Waals surface area (Å²) in [6.07, 6.45) is -0.619. The standard InChI is InChI=1S/C33H39Cl2FN2O6S/c1-22(2)29(20-38(45(42,43)33(3,4)5)28-12-7-6-11-27(28)36)37(21-39)31(23-13-15-25(34)16-14-23)32(44-18-17-30(40)41)24-9-8-10-26(35)19-24/h6-16,19,21-22,29,31-32H,17-18,20H2,1-5H3,(H,40,41). The summed E-state index contributed by atoms with van der Waals surface area (Å²) in [5, 5.41) is 10.2. The Morgan fingerprint density at radius 2 is 1.62 bits per heavy atom. The third-order valence-corrected chi connectivity index (χ3v) is 10.4. The van der Waals surface area contributed by atoms with Crippen molar-refractivity contribution in [3.8, 4) is 0 Å². The van der Waals surface area contributed by atoms with Crippen molar-refractivity contribution in [1.82, 2.24) is 4.90 Å². The van der Waals surface area contributed by atoms with Crippen LogP contribution in [0.25, 0.3) is 0 Å². The Hall–Kier alpha value is -3.18. The molecule has 3 aromatic carbocycles. The monoisotopic (exact) mass is 680 g/mol. The number of halogens is 3. The predicted molar refractivity (Wildman–Crippen MR) is 176 cm³/mol. The molecule has 8 nitrogen and oxygen atoms in total. The molecule has 0 saturated heterocycles. The molecule has 3 unspecified atom stereocenters. The minimum absolute atomic E-state index is 0.143. The van der Waals surface area contributed by atoms with Gasteiger partial charge in [-0.15, -0.1) is 0 Å². The molecular weight excluding hydrogens is 642 g/mol. The van der Waals surface area contributed by atoms with E-state index in [9.17, 15) is 23.1 Å². The molecule has 0 heterocycles. The summed E-state index contributed by atoms with van der Waals surface area (Å²) in [7, 11) is -4.16. The maximum atomic E-state index is 15.3. The molecule has 1 amide bonds. The van der Waals surface area contributed by atoms with E-state index in [1.807, 2.05) is 13.8 Å². The summed E-state index contributed by atoms with van der Waals surface area (Å²) in [4.78, 5) is 26.1. The predicted octanol–water partition coefficient (Wildman–Crippen LogP) is 7.52. The first kappa shape index (κ1) is 36.3. The van der Waals surface area contributed by atoms with Crippen molar-refractivity contribution in [3.05, 3.63) is 99.8 Å². The molecule has 3 rings (SSSR count). The normalized spacial score (nSPS) is 14.1. The molecule has 0 aliphatic rings. The van der Waals surface area contributed by atoms with Gasteiger partial charge < -0.3 is 14.7 Å². The van der Waals surface area contributed by atoms with E-state index in [1.165, 1.54) is 43.9 Å². The molecule has 0 radical (unpaired) electrons. The smallest absolute Gasteiger partial charge is 0.305 e. The van der Waals surface area contributed by atoms with Crippen molar-refractivity contribution >= 4 is 51.3 Å². The van der Waals surface area contributed by atoms with Gasteiger partial charge in [-0.05, 0) is 74.2 Å². The van der Waals surface area contributed by atoms with E-state index in [-0.39, 0.29) is 31.2 Å². The van der Waals surface area contributed by atoms with Gasteiger partial charge >= 0.3 is 5.97 Å². The van der Waals surface area contributed by atoms with Gasteiger partial charge in [0, 0.05) is 10.0 Å². The maximum absolute atomic E-state index is 15.3. The van der Waals surface area contributed by atoms with Crippen LogP contribution in [0, 0.1) is 11.7 Å². The van der Waals surface area contributed by atoms with Crippen LogP contribution in [0.4, 0.5) is 10.1 Å². The topological polar surface area (TPSA) is 104 Å². The second-order valence-corrected chi connectivity index (χ2v) is 15.4. The van der Waals surface area contributed by atoms with E-state index in [4.69, 9.17) is 27.9 Å². The first-order valence-electron chi connectivity index (χ1n) is 14.4. The molecule has 1 N–H and O–H groups in total. The number of hydrogen-bond acceptors (Lipinski definition) is 5. The number of benzene rings is 3. The zero-order valence-electron chi connectivity index (χ0n) is 25.9. The van der Waals surface area contributed by atoms with E-state index in [1.54, 1.807) is 54.6 Å². The van der Waals surface area contributed by atoms with Crippen molar-refractivity contribution in [1.29, 1.82) is 0 Å². The van der Waals surface area contributed by atoms with Crippen LogP contribution in [0.5, 0.6) is 0 Å². The van der Waals surface area contributed by atoms with E-state index < -0.39 is 44.7 Å². The van der Waals surface area contributed by atoms with Crippen LogP contribution in [0.3, 0.4) is 0 Å². The van der Waals surface area contributed by atoms with Gasteiger partial charge in [0.05, 0.1) is 42.1 Å². The van der Waals surface area contributed by atoms with Crippen LogP contribution in [0.15, 0.2) is 72.8 Å². The minimum Gasteiger partial charge on any atom is -0.481 e. The SMILES string of the molecule is CC(C)C(CN(c1ccccc1F)S(=O)(=O)C(C)(C)C)N(C=O)C(c1ccc(Cl)cc1)C(OCCC(=O)O)c1cccc(Cl)c1. The summed E-state index contributed by atoms with van der Waals surface area (Å²) in [6.45, 7) is 7.79. The lowest BCUT2D eigenvalue weighted by molar-refractivity contribution is -0.140. The Morgan fingerprint density at radius 3 is 2.16 bits per heavy atom. The Labute approximate surface area is 274 Å². The first-order chi connectivity index (χ1) is 21.1. The molecule has 12 heteroatoms. The van der Waals surface area contributed by atoms with Gasteiger partial charge in [-0.3, -0.25) is 13.9 Å². The van der Waals surface area contributed by atoms with Gasteiger partial charge in [0.15, 0.2) is 0 Å². The van der Waals surface area contributed by atoms with Gasteiger partial charge in [-0.1, -0.05) is 73.4 Å². The number of aliphatic carboxylic acids is 1. The highest BCUT2D eigenvalue weighted by molar-refractivity contribution is 7.94. The number of hydrogen-bond donors (Lipinski definition) is 1. The number of amides is 1. The number of carboxylic acid groups (broad SMARTS) is 1. The van der Waals surface area contributed by atoms with Crippen LogP contribution in [-0.2, 0) is 24.3 Å². The van der Waals surface area contributed by atoms with Crippen LogP contribution < -0.4 is 4.31 Å². The van der Waals surface area contributed by atoms with Gasteiger partial charge in [0.1, 0.15) is 11.9 Å². The van der Waals surface area contributed by atoms with Crippen LogP contribution in [0.2, 0.25) is 10.0 Å². The largest absolute Gasteiger partial charge is 0.481 e. The fourth-order valence-electron chi connectivity index (χ4n) is 4.97. The van der Waals surface area contributed by atoms with Gasteiger partial charge in [0.25, 0.3) is 0 Å². The van der Waals surface area contributed by atoms with Crippen LogP contribution in [0.1, 0.15) is 64.3 Å². The second kappa shape index (κ2) is 15.4. The number of sulfonamides is 1. The fourth-order valence-corrected chi connectivity index (χ4v) is 6.71. The Kier molecular flexibility index (Phi) is 12.4. The molecule has 3 aromatic rings. The van der Waals surface area contributed by atoms with Crippen LogP contribution in [-0.4, -0.2) is 54.7 Å². The number of ether oxygens (including phenoxy) is 1. The molecule has 244 valence electrons.